The second-order valence-electron chi connectivity index (χ2n) is 7.68. The van der Waals surface area contributed by atoms with E-state index in [1.54, 1.807) is 16.7 Å². The normalized spacial score (nSPS) is 13.7. The first-order chi connectivity index (χ1) is 14.3. The minimum atomic E-state index is -0.980. The third kappa shape index (κ3) is 3.70. The van der Waals surface area contributed by atoms with Crippen molar-refractivity contribution in [3.05, 3.63) is 69.3 Å². The summed E-state index contributed by atoms with van der Waals surface area (Å²) in [4.78, 5) is 42.1. The number of ether oxygens (including phenoxy) is 1. The standard InChI is InChI=1S/C23H23N3O4/c1-13-6-7-14(2)18(11-13)25-21(27)15(3)30-23(29)16-8-9-17-19(12-16)24-20-5-4-10-26(20)22(17)28/h6-9,11-12,15H,4-5,10H2,1-3H3,(H,25,27)/t15-/m1/s1. The third-order valence-electron chi connectivity index (χ3n) is 5.36. The monoisotopic (exact) mass is 405 g/mol. The molecule has 1 aliphatic heterocycles. The van der Waals surface area contributed by atoms with Gasteiger partial charge in [0.15, 0.2) is 6.10 Å². The Morgan fingerprint density at radius 1 is 1.17 bits per heavy atom. The predicted octanol–water partition coefficient (Wildman–Crippen LogP) is 3.14. The summed E-state index contributed by atoms with van der Waals surface area (Å²) in [6.45, 7) is 6.03. The zero-order chi connectivity index (χ0) is 21.4. The van der Waals surface area contributed by atoms with Gasteiger partial charge in [0, 0.05) is 18.7 Å². The van der Waals surface area contributed by atoms with Gasteiger partial charge in [0.1, 0.15) is 5.82 Å². The Morgan fingerprint density at radius 2 is 1.97 bits per heavy atom. The summed E-state index contributed by atoms with van der Waals surface area (Å²) in [7, 11) is 0. The molecule has 0 radical (unpaired) electrons. The van der Waals surface area contributed by atoms with Crippen LogP contribution in [-0.2, 0) is 22.5 Å². The lowest BCUT2D eigenvalue weighted by atomic mass is 10.1. The van der Waals surface area contributed by atoms with Gasteiger partial charge >= 0.3 is 5.97 Å². The van der Waals surface area contributed by atoms with Crippen LogP contribution < -0.4 is 10.9 Å². The molecule has 0 bridgehead atoms. The van der Waals surface area contributed by atoms with Crippen molar-refractivity contribution in [3.63, 3.8) is 0 Å². The first kappa shape index (κ1) is 19.8. The lowest BCUT2D eigenvalue weighted by molar-refractivity contribution is -0.123. The minimum absolute atomic E-state index is 0.0892. The fourth-order valence-electron chi connectivity index (χ4n) is 3.60. The van der Waals surface area contributed by atoms with Gasteiger partial charge in [-0.3, -0.25) is 14.2 Å². The molecule has 0 saturated heterocycles. The lowest BCUT2D eigenvalue weighted by Crippen LogP contribution is -2.30. The fraction of sp³-hybridized carbons (Fsp3) is 0.304. The SMILES string of the molecule is Cc1ccc(C)c(NC(=O)[C@@H](C)OC(=O)c2ccc3c(=O)n4c(nc3c2)CCC4)c1. The van der Waals surface area contributed by atoms with E-state index in [2.05, 4.69) is 10.3 Å². The van der Waals surface area contributed by atoms with Crippen LogP contribution >= 0.6 is 0 Å². The molecule has 2 heterocycles. The molecule has 0 aliphatic carbocycles. The molecule has 0 spiro atoms. The van der Waals surface area contributed by atoms with E-state index in [4.69, 9.17) is 4.74 Å². The molecule has 3 aromatic rings. The number of aromatic nitrogens is 2. The number of fused-ring (bicyclic) bond motifs is 2. The summed E-state index contributed by atoms with van der Waals surface area (Å²) in [6.07, 6.45) is 0.655. The van der Waals surface area contributed by atoms with Crippen LogP contribution in [0.15, 0.2) is 41.2 Å². The van der Waals surface area contributed by atoms with Crippen molar-refractivity contribution in [3.8, 4) is 0 Å². The van der Waals surface area contributed by atoms with Crippen LogP contribution in [0.4, 0.5) is 5.69 Å². The lowest BCUT2D eigenvalue weighted by Gasteiger charge is -2.15. The fourth-order valence-corrected chi connectivity index (χ4v) is 3.60. The summed E-state index contributed by atoms with van der Waals surface area (Å²) >= 11 is 0. The van der Waals surface area contributed by atoms with Crippen molar-refractivity contribution in [2.24, 2.45) is 0 Å². The van der Waals surface area contributed by atoms with Crippen LogP contribution in [0.3, 0.4) is 0 Å². The summed E-state index contributed by atoms with van der Waals surface area (Å²) < 4.78 is 7.03. The van der Waals surface area contributed by atoms with Gasteiger partial charge in [0.25, 0.3) is 11.5 Å². The van der Waals surface area contributed by atoms with E-state index in [9.17, 15) is 14.4 Å². The van der Waals surface area contributed by atoms with Crippen molar-refractivity contribution in [2.45, 2.75) is 46.3 Å². The number of nitrogens with one attached hydrogen (secondary N) is 1. The van der Waals surface area contributed by atoms with Gasteiger partial charge in [-0.25, -0.2) is 9.78 Å². The molecule has 2 aromatic carbocycles. The second kappa shape index (κ2) is 7.74. The Morgan fingerprint density at radius 3 is 2.77 bits per heavy atom. The largest absolute Gasteiger partial charge is 0.449 e. The molecule has 7 nitrogen and oxygen atoms in total. The number of anilines is 1. The maximum Gasteiger partial charge on any atom is 0.338 e. The third-order valence-corrected chi connectivity index (χ3v) is 5.36. The van der Waals surface area contributed by atoms with Gasteiger partial charge in [-0.2, -0.15) is 0 Å². The Kier molecular flexibility index (Phi) is 5.11. The van der Waals surface area contributed by atoms with Crippen LogP contribution in [0.2, 0.25) is 0 Å². The molecule has 0 fully saturated rings. The van der Waals surface area contributed by atoms with Crippen LogP contribution in [0.5, 0.6) is 0 Å². The van der Waals surface area contributed by atoms with Gasteiger partial charge in [0.2, 0.25) is 0 Å². The molecule has 0 saturated carbocycles. The van der Waals surface area contributed by atoms with Gasteiger partial charge in [0.05, 0.1) is 16.5 Å². The molecular weight excluding hydrogens is 382 g/mol. The van der Waals surface area contributed by atoms with Crippen LogP contribution in [-0.4, -0.2) is 27.5 Å². The number of carbonyl (C=O) groups is 2. The molecule has 1 amide bonds. The maximum absolute atomic E-state index is 12.6. The Labute approximate surface area is 173 Å². The molecule has 1 aliphatic rings. The van der Waals surface area contributed by atoms with E-state index in [1.807, 2.05) is 32.0 Å². The Hall–Kier alpha value is -3.48. The van der Waals surface area contributed by atoms with Crippen LogP contribution in [0.1, 0.15) is 40.7 Å². The highest BCUT2D eigenvalue weighted by Crippen LogP contribution is 2.19. The molecule has 154 valence electrons. The Bertz CT molecular complexity index is 1230. The van der Waals surface area contributed by atoms with Crippen molar-refractivity contribution in [1.29, 1.82) is 0 Å². The highest BCUT2D eigenvalue weighted by Gasteiger charge is 2.21. The number of hydrogen-bond donors (Lipinski definition) is 1. The van der Waals surface area contributed by atoms with Crippen molar-refractivity contribution in [2.75, 3.05) is 5.32 Å². The first-order valence-corrected chi connectivity index (χ1v) is 9.96. The zero-order valence-corrected chi connectivity index (χ0v) is 17.2. The highest BCUT2D eigenvalue weighted by atomic mass is 16.5. The molecule has 30 heavy (non-hydrogen) atoms. The van der Waals surface area contributed by atoms with Gasteiger partial charge < -0.3 is 10.1 Å². The van der Waals surface area contributed by atoms with Crippen LogP contribution in [0, 0.1) is 13.8 Å². The molecule has 1 N–H and O–H groups in total. The highest BCUT2D eigenvalue weighted by molar-refractivity contribution is 5.99. The van der Waals surface area contributed by atoms with Crippen molar-refractivity contribution >= 4 is 28.5 Å². The number of esters is 1. The number of hydrogen-bond acceptors (Lipinski definition) is 5. The summed E-state index contributed by atoms with van der Waals surface area (Å²) in [5.74, 6) is -0.311. The molecule has 0 unspecified atom stereocenters. The number of nitrogens with zero attached hydrogens (tertiary/aromatic N) is 2. The Balaban J connectivity index is 1.51. The smallest absolute Gasteiger partial charge is 0.338 e. The second-order valence-corrected chi connectivity index (χ2v) is 7.68. The maximum atomic E-state index is 12.6. The minimum Gasteiger partial charge on any atom is -0.449 e. The van der Waals surface area contributed by atoms with Crippen LogP contribution in [0.25, 0.3) is 10.9 Å². The summed E-state index contributed by atoms with van der Waals surface area (Å²) in [5, 5.41) is 3.27. The first-order valence-electron chi connectivity index (χ1n) is 9.96. The molecular formula is C23H23N3O4. The average molecular weight is 405 g/mol. The van der Waals surface area contributed by atoms with Gasteiger partial charge in [-0.15, -0.1) is 0 Å². The van der Waals surface area contributed by atoms with Crippen molar-refractivity contribution < 1.29 is 14.3 Å². The molecule has 1 aromatic heterocycles. The number of aryl methyl sites for hydroxylation is 3. The van der Waals surface area contributed by atoms with E-state index in [0.29, 0.717) is 23.1 Å². The molecule has 4 rings (SSSR count). The van der Waals surface area contributed by atoms with E-state index in [1.165, 1.54) is 13.0 Å². The number of carbonyl (C=O) groups excluding carboxylic acids is 2. The molecule has 1 atom stereocenters. The van der Waals surface area contributed by atoms with E-state index in [-0.39, 0.29) is 11.1 Å². The van der Waals surface area contributed by atoms with Gasteiger partial charge in [-0.1, -0.05) is 12.1 Å². The van der Waals surface area contributed by atoms with E-state index < -0.39 is 18.0 Å². The molecule has 7 heteroatoms. The predicted molar refractivity (Wildman–Crippen MR) is 114 cm³/mol. The van der Waals surface area contributed by atoms with E-state index in [0.717, 1.165) is 29.8 Å². The van der Waals surface area contributed by atoms with E-state index >= 15 is 0 Å². The van der Waals surface area contributed by atoms with Crippen molar-refractivity contribution in [1.82, 2.24) is 9.55 Å². The average Bonchev–Trinajstić information content (AvgIpc) is 3.19. The topological polar surface area (TPSA) is 90.3 Å². The zero-order valence-electron chi connectivity index (χ0n) is 17.2. The number of amides is 1. The number of rotatable bonds is 4. The summed E-state index contributed by atoms with van der Waals surface area (Å²) in [6, 6.07) is 10.4. The number of benzene rings is 2. The summed E-state index contributed by atoms with van der Waals surface area (Å²) in [5.41, 5.74) is 3.26. The quantitative estimate of drug-likeness (QED) is 0.674. The van der Waals surface area contributed by atoms with Gasteiger partial charge in [-0.05, 0) is 62.6 Å².